The van der Waals surface area contributed by atoms with Crippen LogP contribution in [0.25, 0.3) is 0 Å². The van der Waals surface area contributed by atoms with Crippen LogP contribution in [0.3, 0.4) is 0 Å². The molecule has 0 saturated heterocycles. The topological polar surface area (TPSA) is 89.8 Å². The van der Waals surface area contributed by atoms with Crippen LogP contribution >= 0.6 is 0 Å². The van der Waals surface area contributed by atoms with Crippen molar-refractivity contribution in [3.8, 4) is 0 Å². The Morgan fingerprint density at radius 2 is 1.83 bits per heavy atom. The van der Waals surface area contributed by atoms with Crippen molar-refractivity contribution in [1.29, 1.82) is 0 Å². The first kappa shape index (κ1) is 16.9. The van der Waals surface area contributed by atoms with Gasteiger partial charge in [-0.15, -0.1) is 0 Å². The molecule has 0 aromatic heterocycles. The SMILES string of the molecule is CN(OCc1ccccc1)c1ccc(S(C)(=O)=O)cc1[N+](=O)[O-]. The molecule has 0 fully saturated rings. The summed E-state index contributed by atoms with van der Waals surface area (Å²) in [6.07, 6.45) is 1.00. The fraction of sp³-hybridized carbons (Fsp3) is 0.200. The minimum Gasteiger partial charge on any atom is -0.269 e. The van der Waals surface area contributed by atoms with Gasteiger partial charge in [-0.1, -0.05) is 30.3 Å². The minimum absolute atomic E-state index is 0.107. The van der Waals surface area contributed by atoms with Crippen molar-refractivity contribution in [2.75, 3.05) is 18.4 Å². The van der Waals surface area contributed by atoms with E-state index in [9.17, 15) is 18.5 Å². The number of sulfone groups is 1. The molecule has 23 heavy (non-hydrogen) atoms. The van der Waals surface area contributed by atoms with E-state index in [1.165, 1.54) is 24.2 Å². The van der Waals surface area contributed by atoms with Crippen LogP contribution in [0.1, 0.15) is 5.56 Å². The van der Waals surface area contributed by atoms with E-state index in [1.807, 2.05) is 30.3 Å². The molecule has 0 bridgehead atoms. The van der Waals surface area contributed by atoms with Crippen LogP contribution in [0.15, 0.2) is 53.4 Å². The van der Waals surface area contributed by atoms with Gasteiger partial charge in [0, 0.05) is 19.4 Å². The number of anilines is 1. The first-order valence-corrected chi connectivity index (χ1v) is 8.57. The third-order valence-corrected chi connectivity index (χ3v) is 4.29. The molecular formula is C15H16N2O5S. The molecule has 2 aromatic rings. The molecule has 0 heterocycles. The monoisotopic (exact) mass is 336 g/mol. The van der Waals surface area contributed by atoms with Gasteiger partial charge in [0.2, 0.25) is 0 Å². The van der Waals surface area contributed by atoms with Crippen LogP contribution in [-0.4, -0.2) is 26.6 Å². The predicted molar refractivity (Wildman–Crippen MR) is 85.8 cm³/mol. The number of nitro groups is 1. The smallest absolute Gasteiger partial charge is 0.269 e. The summed E-state index contributed by atoms with van der Waals surface area (Å²) in [6.45, 7) is 0.238. The quantitative estimate of drug-likeness (QED) is 0.595. The lowest BCUT2D eigenvalue weighted by Gasteiger charge is -2.19. The Balaban J connectivity index is 2.25. The Hall–Kier alpha value is -2.45. The number of benzene rings is 2. The number of nitrogens with zero attached hydrogens (tertiary/aromatic N) is 2. The number of hydrogen-bond donors (Lipinski definition) is 0. The number of nitro benzene ring substituents is 1. The Bertz CT molecular complexity index is 806. The largest absolute Gasteiger partial charge is 0.296 e. The molecule has 0 atom stereocenters. The predicted octanol–water partition coefficient (Wildman–Crippen LogP) is 2.57. The van der Waals surface area contributed by atoms with Gasteiger partial charge in [0.15, 0.2) is 9.84 Å². The zero-order valence-corrected chi connectivity index (χ0v) is 13.5. The molecule has 0 radical (unpaired) electrons. The number of hydrogen-bond acceptors (Lipinski definition) is 6. The van der Waals surface area contributed by atoms with Crippen LogP contribution in [0.5, 0.6) is 0 Å². The summed E-state index contributed by atoms with van der Waals surface area (Å²) in [4.78, 5) is 16.0. The van der Waals surface area contributed by atoms with Crippen LogP contribution in [0.4, 0.5) is 11.4 Å². The van der Waals surface area contributed by atoms with Gasteiger partial charge in [0.05, 0.1) is 16.4 Å². The highest BCUT2D eigenvalue weighted by Crippen LogP contribution is 2.30. The van der Waals surface area contributed by atoms with Gasteiger partial charge in [-0.25, -0.2) is 13.5 Å². The first-order chi connectivity index (χ1) is 10.8. The molecular weight excluding hydrogens is 320 g/mol. The van der Waals surface area contributed by atoms with E-state index in [1.54, 1.807) is 0 Å². The molecule has 2 aromatic carbocycles. The van der Waals surface area contributed by atoms with E-state index in [0.717, 1.165) is 17.9 Å². The molecule has 0 unspecified atom stereocenters. The second-order valence-electron chi connectivity index (χ2n) is 4.94. The average Bonchev–Trinajstić information content (AvgIpc) is 2.52. The fourth-order valence-electron chi connectivity index (χ4n) is 1.96. The number of hydroxylamine groups is 1. The van der Waals surface area contributed by atoms with Gasteiger partial charge in [0.25, 0.3) is 5.69 Å². The van der Waals surface area contributed by atoms with E-state index in [0.29, 0.717) is 0 Å². The second-order valence-corrected chi connectivity index (χ2v) is 6.95. The van der Waals surface area contributed by atoms with Crippen molar-refractivity contribution in [2.24, 2.45) is 0 Å². The van der Waals surface area contributed by atoms with Gasteiger partial charge in [-0.05, 0) is 17.7 Å². The lowest BCUT2D eigenvalue weighted by molar-refractivity contribution is -0.384. The third kappa shape index (κ3) is 4.27. The maximum absolute atomic E-state index is 11.5. The van der Waals surface area contributed by atoms with Crippen molar-refractivity contribution in [3.63, 3.8) is 0 Å². The van der Waals surface area contributed by atoms with Crippen LogP contribution < -0.4 is 5.06 Å². The Morgan fingerprint density at radius 1 is 1.17 bits per heavy atom. The summed E-state index contributed by atoms with van der Waals surface area (Å²) in [5.74, 6) is 0. The Kier molecular flexibility index (Phi) is 4.97. The summed E-state index contributed by atoms with van der Waals surface area (Å²) >= 11 is 0. The van der Waals surface area contributed by atoms with Gasteiger partial charge in [-0.3, -0.25) is 15.0 Å². The normalized spacial score (nSPS) is 11.2. The molecule has 7 nitrogen and oxygen atoms in total. The van der Waals surface area contributed by atoms with E-state index >= 15 is 0 Å². The van der Waals surface area contributed by atoms with E-state index < -0.39 is 14.8 Å². The zero-order valence-electron chi connectivity index (χ0n) is 12.7. The maximum atomic E-state index is 11.5. The fourth-order valence-corrected chi connectivity index (χ4v) is 2.60. The number of rotatable bonds is 6. The van der Waals surface area contributed by atoms with E-state index in [4.69, 9.17) is 4.84 Å². The molecule has 0 saturated carbocycles. The van der Waals surface area contributed by atoms with Crippen molar-refractivity contribution in [3.05, 3.63) is 64.2 Å². The first-order valence-electron chi connectivity index (χ1n) is 6.68. The molecule has 8 heteroatoms. The molecule has 0 aliphatic rings. The lowest BCUT2D eigenvalue weighted by Crippen LogP contribution is -2.19. The van der Waals surface area contributed by atoms with Crippen molar-refractivity contribution in [2.45, 2.75) is 11.5 Å². The van der Waals surface area contributed by atoms with E-state index in [-0.39, 0.29) is 22.9 Å². The zero-order chi connectivity index (χ0) is 17.0. The van der Waals surface area contributed by atoms with Gasteiger partial charge in [0.1, 0.15) is 5.69 Å². The van der Waals surface area contributed by atoms with Crippen LogP contribution in [-0.2, 0) is 21.3 Å². The molecule has 0 aliphatic heterocycles. The second kappa shape index (κ2) is 6.76. The average molecular weight is 336 g/mol. The molecule has 122 valence electrons. The molecule has 0 amide bonds. The van der Waals surface area contributed by atoms with Crippen molar-refractivity contribution < 1.29 is 18.2 Å². The summed E-state index contributed by atoms with van der Waals surface area (Å²) < 4.78 is 23.1. The Labute approximate surface area is 134 Å². The van der Waals surface area contributed by atoms with Crippen molar-refractivity contribution >= 4 is 21.2 Å². The highest BCUT2D eigenvalue weighted by molar-refractivity contribution is 7.90. The van der Waals surface area contributed by atoms with Crippen molar-refractivity contribution in [1.82, 2.24) is 0 Å². The van der Waals surface area contributed by atoms with Gasteiger partial charge >= 0.3 is 0 Å². The molecule has 0 spiro atoms. The summed E-state index contributed by atoms with van der Waals surface area (Å²) in [5.41, 5.74) is 0.761. The molecule has 0 N–H and O–H groups in total. The summed E-state index contributed by atoms with van der Waals surface area (Å²) in [5, 5.41) is 12.5. The highest BCUT2D eigenvalue weighted by atomic mass is 32.2. The lowest BCUT2D eigenvalue weighted by atomic mass is 10.2. The van der Waals surface area contributed by atoms with Crippen LogP contribution in [0.2, 0.25) is 0 Å². The van der Waals surface area contributed by atoms with Gasteiger partial charge in [-0.2, -0.15) is 0 Å². The summed E-state index contributed by atoms with van der Waals surface area (Å²) in [7, 11) is -1.99. The van der Waals surface area contributed by atoms with Gasteiger partial charge < -0.3 is 0 Å². The maximum Gasteiger partial charge on any atom is 0.296 e. The minimum atomic E-state index is -3.52. The molecule has 0 aliphatic carbocycles. The standard InChI is InChI=1S/C15H16N2O5S/c1-16(22-11-12-6-4-3-5-7-12)14-9-8-13(23(2,20)21)10-15(14)17(18)19/h3-10H,11H2,1-2H3. The highest BCUT2D eigenvalue weighted by Gasteiger charge is 2.21. The molecule has 2 rings (SSSR count). The van der Waals surface area contributed by atoms with Crippen LogP contribution in [0, 0.1) is 10.1 Å². The Morgan fingerprint density at radius 3 is 2.39 bits per heavy atom. The summed E-state index contributed by atoms with van der Waals surface area (Å²) in [6, 6.07) is 13.1. The third-order valence-electron chi connectivity index (χ3n) is 3.18. The van der Waals surface area contributed by atoms with E-state index in [2.05, 4.69) is 0 Å².